The first kappa shape index (κ1) is 9.96. The van der Waals surface area contributed by atoms with Crippen molar-refractivity contribution in [2.45, 2.75) is 19.5 Å². The van der Waals surface area contributed by atoms with Gasteiger partial charge in [0.25, 0.3) is 0 Å². The summed E-state index contributed by atoms with van der Waals surface area (Å²) < 4.78 is 27.9. The van der Waals surface area contributed by atoms with Crippen molar-refractivity contribution >= 4 is 0 Å². The van der Waals surface area contributed by atoms with Crippen molar-refractivity contribution in [3.05, 3.63) is 36.8 Å². The Bertz CT molecular complexity index is 271. The fraction of sp³-hybridized carbons (Fsp3) is 0.300. The molecule has 1 unspecified atom stereocenters. The largest absolute Gasteiger partial charge is 0.435 e. The highest BCUT2D eigenvalue weighted by Crippen LogP contribution is 2.20. The van der Waals surface area contributed by atoms with E-state index in [4.69, 9.17) is 0 Å². The van der Waals surface area contributed by atoms with Crippen LogP contribution in [-0.4, -0.2) is 6.61 Å². The predicted molar refractivity (Wildman–Crippen MR) is 46.8 cm³/mol. The third-order valence-corrected chi connectivity index (χ3v) is 1.65. The number of hydrogen-bond donors (Lipinski definition) is 0. The molecule has 0 aliphatic rings. The second-order valence-corrected chi connectivity index (χ2v) is 2.85. The normalized spacial score (nSPS) is 10.9. The maximum atomic E-state index is 11.8. The molecular formula is C10H11F2O. The quantitative estimate of drug-likeness (QED) is 0.702. The van der Waals surface area contributed by atoms with Crippen LogP contribution in [0.15, 0.2) is 24.3 Å². The van der Waals surface area contributed by atoms with Gasteiger partial charge in [-0.15, -0.1) is 0 Å². The Morgan fingerprint density at radius 1 is 1.38 bits per heavy atom. The monoisotopic (exact) mass is 185 g/mol. The van der Waals surface area contributed by atoms with Gasteiger partial charge in [0.05, 0.1) is 0 Å². The first-order valence-corrected chi connectivity index (χ1v) is 3.97. The maximum Gasteiger partial charge on any atom is 0.387 e. The van der Waals surface area contributed by atoms with Crippen LogP contribution in [0, 0.1) is 6.92 Å². The molecule has 1 nitrogen and oxygen atoms in total. The van der Waals surface area contributed by atoms with Crippen molar-refractivity contribution in [1.29, 1.82) is 0 Å². The van der Waals surface area contributed by atoms with Crippen LogP contribution in [0.5, 0.6) is 5.75 Å². The third kappa shape index (κ3) is 3.01. The fourth-order valence-electron chi connectivity index (χ4n) is 0.997. The van der Waals surface area contributed by atoms with Crippen LogP contribution < -0.4 is 4.74 Å². The van der Waals surface area contributed by atoms with Crippen molar-refractivity contribution in [2.24, 2.45) is 0 Å². The molecule has 0 saturated carbocycles. The van der Waals surface area contributed by atoms with Crippen LogP contribution in [0.1, 0.15) is 18.4 Å². The van der Waals surface area contributed by atoms with Crippen molar-refractivity contribution < 1.29 is 13.5 Å². The van der Waals surface area contributed by atoms with E-state index in [0.717, 1.165) is 5.56 Å². The van der Waals surface area contributed by atoms with Crippen LogP contribution in [0.3, 0.4) is 0 Å². The van der Waals surface area contributed by atoms with Gasteiger partial charge in [-0.1, -0.05) is 19.1 Å². The van der Waals surface area contributed by atoms with Gasteiger partial charge in [0, 0.05) is 0 Å². The summed E-state index contributed by atoms with van der Waals surface area (Å²) in [5, 5.41) is 0. The summed E-state index contributed by atoms with van der Waals surface area (Å²) in [5.74, 6) is 0.254. The number of halogens is 2. The minimum Gasteiger partial charge on any atom is -0.435 e. The first-order valence-electron chi connectivity index (χ1n) is 3.97. The van der Waals surface area contributed by atoms with E-state index in [9.17, 15) is 8.78 Å². The van der Waals surface area contributed by atoms with E-state index in [1.807, 2.05) is 13.0 Å². The van der Waals surface area contributed by atoms with Gasteiger partial charge < -0.3 is 4.74 Å². The molecular weight excluding hydrogens is 174 g/mol. The molecule has 1 atom stereocenters. The van der Waals surface area contributed by atoms with Gasteiger partial charge in [-0.2, -0.15) is 8.78 Å². The standard InChI is InChI=1S/C10H11F2O/c1-7(2)8-4-3-5-9(6-8)13-10(11)12/h3-7,10H,1H2,2H3. The minimum atomic E-state index is -2.77. The molecule has 0 aliphatic heterocycles. The fourth-order valence-corrected chi connectivity index (χ4v) is 0.997. The summed E-state index contributed by atoms with van der Waals surface area (Å²) in [4.78, 5) is 0. The molecule has 1 aromatic rings. The molecule has 71 valence electrons. The molecule has 0 aliphatic carbocycles. The van der Waals surface area contributed by atoms with Gasteiger partial charge in [-0.3, -0.25) is 0 Å². The third-order valence-electron chi connectivity index (χ3n) is 1.65. The zero-order valence-corrected chi connectivity index (χ0v) is 7.34. The summed E-state index contributed by atoms with van der Waals surface area (Å²) >= 11 is 0. The highest BCUT2D eigenvalue weighted by molar-refractivity contribution is 5.30. The summed E-state index contributed by atoms with van der Waals surface area (Å²) in [6.07, 6.45) is 0. The lowest BCUT2D eigenvalue weighted by molar-refractivity contribution is -0.0498. The van der Waals surface area contributed by atoms with Gasteiger partial charge in [0.2, 0.25) is 0 Å². The highest BCUT2D eigenvalue weighted by atomic mass is 19.3. The average Bonchev–Trinajstić information content (AvgIpc) is 2.03. The first-order chi connectivity index (χ1) is 6.09. The Morgan fingerprint density at radius 2 is 2.08 bits per heavy atom. The minimum absolute atomic E-state index is 0.0706. The zero-order chi connectivity index (χ0) is 9.84. The highest BCUT2D eigenvalue weighted by Gasteiger charge is 2.05. The SMILES string of the molecule is [CH2]C(C)c1cccc(OC(F)F)c1. The van der Waals surface area contributed by atoms with E-state index in [-0.39, 0.29) is 11.7 Å². The molecule has 0 saturated heterocycles. The Morgan fingerprint density at radius 3 is 2.62 bits per heavy atom. The Hall–Kier alpha value is -1.12. The molecule has 1 aromatic carbocycles. The van der Waals surface area contributed by atoms with Crippen LogP contribution in [0.2, 0.25) is 0 Å². The van der Waals surface area contributed by atoms with Gasteiger partial charge in [-0.05, 0) is 30.5 Å². The summed E-state index contributed by atoms with van der Waals surface area (Å²) in [5.41, 5.74) is 0.887. The Kier molecular flexibility index (Phi) is 3.23. The van der Waals surface area contributed by atoms with Gasteiger partial charge >= 0.3 is 6.61 Å². The second kappa shape index (κ2) is 4.21. The number of benzene rings is 1. The van der Waals surface area contributed by atoms with Crippen LogP contribution in [-0.2, 0) is 0 Å². The lowest BCUT2D eigenvalue weighted by atomic mass is 10.0. The van der Waals surface area contributed by atoms with Crippen molar-refractivity contribution in [3.63, 3.8) is 0 Å². The summed E-state index contributed by atoms with van der Waals surface area (Å²) in [7, 11) is 0. The van der Waals surface area contributed by atoms with Gasteiger partial charge in [0.15, 0.2) is 0 Å². The molecule has 0 spiro atoms. The van der Waals surface area contributed by atoms with E-state index in [1.165, 1.54) is 6.07 Å². The second-order valence-electron chi connectivity index (χ2n) is 2.85. The molecule has 0 bridgehead atoms. The smallest absolute Gasteiger partial charge is 0.387 e. The van der Waals surface area contributed by atoms with Crippen LogP contribution >= 0.6 is 0 Å². The summed E-state index contributed by atoms with van der Waals surface area (Å²) in [6.45, 7) is 2.91. The number of ether oxygens (including phenoxy) is 1. The van der Waals surface area contributed by atoms with Gasteiger partial charge in [-0.25, -0.2) is 0 Å². The van der Waals surface area contributed by atoms with Gasteiger partial charge in [0.1, 0.15) is 5.75 Å². The topological polar surface area (TPSA) is 9.23 Å². The molecule has 0 fully saturated rings. The Balaban J connectivity index is 2.79. The molecule has 0 amide bonds. The van der Waals surface area contributed by atoms with E-state index in [2.05, 4.69) is 11.7 Å². The number of rotatable bonds is 3. The molecule has 1 radical (unpaired) electrons. The van der Waals surface area contributed by atoms with E-state index < -0.39 is 6.61 Å². The molecule has 3 heteroatoms. The van der Waals surface area contributed by atoms with E-state index in [1.54, 1.807) is 12.1 Å². The van der Waals surface area contributed by atoms with E-state index in [0.29, 0.717) is 0 Å². The van der Waals surface area contributed by atoms with Crippen LogP contribution in [0.25, 0.3) is 0 Å². The maximum absolute atomic E-state index is 11.8. The summed E-state index contributed by atoms with van der Waals surface area (Å²) in [6, 6.07) is 6.58. The average molecular weight is 185 g/mol. The van der Waals surface area contributed by atoms with Crippen molar-refractivity contribution in [2.75, 3.05) is 0 Å². The van der Waals surface area contributed by atoms with E-state index >= 15 is 0 Å². The molecule has 1 rings (SSSR count). The number of hydrogen-bond acceptors (Lipinski definition) is 1. The molecule has 0 N–H and O–H groups in total. The van der Waals surface area contributed by atoms with Crippen molar-refractivity contribution in [3.8, 4) is 5.75 Å². The zero-order valence-electron chi connectivity index (χ0n) is 7.34. The lowest BCUT2D eigenvalue weighted by Gasteiger charge is -2.08. The van der Waals surface area contributed by atoms with Crippen LogP contribution in [0.4, 0.5) is 8.78 Å². The molecule has 0 aromatic heterocycles. The predicted octanol–water partition coefficient (Wildman–Crippen LogP) is 3.23. The molecule has 0 heterocycles. The lowest BCUT2D eigenvalue weighted by Crippen LogP contribution is -2.02. The Labute approximate surface area is 76.3 Å². The van der Waals surface area contributed by atoms with Crippen molar-refractivity contribution in [1.82, 2.24) is 0 Å². The number of alkyl halides is 2. The molecule has 13 heavy (non-hydrogen) atoms.